The number of likely N-dealkylation sites (N-methyl/N-ethyl adjacent to an activating group) is 1. The average Bonchev–Trinajstić information content (AvgIpc) is 2.61. The number of benzene rings is 2. The molecule has 2 heteroatoms. The Morgan fingerprint density at radius 2 is 1.50 bits per heavy atom. The highest BCUT2D eigenvalue weighted by molar-refractivity contribution is 5.36. The molecule has 26 heavy (non-hydrogen) atoms. The molecule has 0 fully saturated rings. The van der Waals surface area contributed by atoms with Gasteiger partial charge in [0.25, 0.3) is 0 Å². The second-order valence-corrected chi connectivity index (χ2v) is 7.92. The zero-order valence-electron chi connectivity index (χ0n) is 17.2. The van der Waals surface area contributed by atoms with E-state index in [1.807, 2.05) is 0 Å². The molecule has 0 bridgehead atoms. The molecule has 0 heterocycles. The zero-order chi connectivity index (χ0) is 18.9. The molecule has 0 saturated heterocycles. The summed E-state index contributed by atoms with van der Waals surface area (Å²) in [6.45, 7) is 8.35. The quantitative estimate of drug-likeness (QED) is 0.563. The maximum absolute atomic E-state index is 5.88. The molecule has 0 aliphatic rings. The number of rotatable bonds is 10. The summed E-state index contributed by atoms with van der Waals surface area (Å²) in [5.74, 6) is 1.76. The normalized spacial score (nSPS) is 12.4. The van der Waals surface area contributed by atoms with Crippen LogP contribution >= 0.6 is 0 Å². The predicted molar refractivity (Wildman–Crippen MR) is 112 cm³/mol. The van der Waals surface area contributed by atoms with Crippen LogP contribution in [0.1, 0.15) is 42.0 Å². The summed E-state index contributed by atoms with van der Waals surface area (Å²) in [7, 11) is 4.14. The first-order chi connectivity index (χ1) is 12.4. The van der Waals surface area contributed by atoms with Crippen molar-refractivity contribution in [3.63, 3.8) is 0 Å². The van der Waals surface area contributed by atoms with Crippen molar-refractivity contribution < 1.29 is 4.74 Å². The van der Waals surface area contributed by atoms with E-state index in [0.717, 1.165) is 31.2 Å². The highest BCUT2D eigenvalue weighted by Gasteiger charge is 2.06. The van der Waals surface area contributed by atoms with Crippen molar-refractivity contribution in [1.29, 1.82) is 0 Å². The Kier molecular flexibility index (Phi) is 8.18. The van der Waals surface area contributed by atoms with E-state index in [-0.39, 0.29) is 0 Å². The van der Waals surface area contributed by atoms with Crippen LogP contribution < -0.4 is 4.74 Å². The van der Waals surface area contributed by atoms with E-state index in [9.17, 15) is 0 Å². The van der Waals surface area contributed by atoms with Gasteiger partial charge in [0.05, 0.1) is 0 Å². The first kappa shape index (κ1) is 20.5. The van der Waals surface area contributed by atoms with Crippen molar-refractivity contribution in [1.82, 2.24) is 4.90 Å². The fourth-order valence-corrected chi connectivity index (χ4v) is 3.09. The van der Waals surface area contributed by atoms with Crippen LogP contribution in [0, 0.1) is 19.8 Å². The Morgan fingerprint density at radius 3 is 2.12 bits per heavy atom. The molecule has 2 aromatic rings. The Bertz CT molecular complexity index is 660. The largest absolute Gasteiger partial charge is 0.492 e. The molecule has 1 atom stereocenters. The van der Waals surface area contributed by atoms with Crippen molar-refractivity contribution in [2.75, 3.05) is 27.2 Å². The van der Waals surface area contributed by atoms with Crippen LogP contribution in [-0.2, 0) is 12.8 Å². The maximum atomic E-state index is 5.88. The van der Waals surface area contributed by atoms with Crippen molar-refractivity contribution in [2.45, 2.75) is 46.5 Å². The average molecular weight is 354 g/mol. The molecule has 2 nitrogen and oxygen atoms in total. The third-order valence-electron chi connectivity index (χ3n) is 5.01. The van der Waals surface area contributed by atoms with Crippen LogP contribution in [0.5, 0.6) is 5.75 Å². The van der Waals surface area contributed by atoms with Crippen LogP contribution in [0.15, 0.2) is 42.5 Å². The van der Waals surface area contributed by atoms with Crippen LogP contribution in [0.3, 0.4) is 0 Å². The molecule has 0 radical (unpaired) electrons. The summed E-state index contributed by atoms with van der Waals surface area (Å²) < 4.78 is 5.88. The number of aryl methyl sites for hydroxylation is 4. The molecule has 142 valence electrons. The summed E-state index contributed by atoms with van der Waals surface area (Å²) >= 11 is 0. The van der Waals surface area contributed by atoms with Gasteiger partial charge < -0.3 is 9.64 Å². The van der Waals surface area contributed by atoms with E-state index >= 15 is 0 Å². The monoisotopic (exact) mass is 353 g/mol. The van der Waals surface area contributed by atoms with Gasteiger partial charge in [-0.3, -0.25) is 0 Å². The van der Waals surface area contributed by atoms with E-state index < -0.39 is 0 Å². The molecule has 0 aliphatic carbocycles. The maximum Gasteiger partial charge on any atom is 0.122 e. The molecule has 0 N–H and O–H groups in total. The van der Waals surface area contributed by atoms with Gasteiger partial charge >= 0.3 is 0 Å². The summed E-state index contributed by atoms with van der Waals surface area (Å²) in [6.07, 6.45) is 4.83. The fraction of sp³-hybridized carbons (Fsp3) is 0.500. The van der Waals surface area contributed by atoms with Crippen molar-refractivity contribution in [3.8, 4) is 5.75 Å². The van der Waals surface area contributed by atoms with Gasteiger partial charge in [0, 0.05) is 6.54 Å². The molecule has 1 unspecified atom stereocenters. The lowest BCUT2D eigenvalue weighted by Crippen LogP contribution is -2.19. The smallest absolute Gasteiger partial charge is 0.122 e. The Balaban J connectivity index is 1.75. The minimum atomic E-state index is 0.739. The first-order valence-corrected chi connectivity index (χ1v) is 9.86. The Hall–Kier alpha value is -1.80. The highest BCUT2D eigenvalue weighted by atomic mass is 16.5. The van der Waals surface area contributed by atoms with Gasteiger partial charge in [-0.1, -0.05) is 48.9 Å². The third kappa shape index (κ3) is 7.21. The lowest BCUT2D eigenvalue weighted by molar-refractivity contribution is 0.260. The van der Waals surface area contributed by atoms with Gasteiger partial charge in [0.1, 0.15) is 12.4 Å². The van der Waals surface area contributed by atoms with Crippen molar-refractivity contribution in [3.05, 3.63) is 64.7 Å². The molecule has 0 saturated carbocycles. The first-order valence-electron chi connectivity index (χ1n) is 9.86. The topological polar surface area (TPSA) is 12.5 Å². The Labute approximate surface area is 160 Å². The number of nitrogens with zero attached hydrogens (tertiary/aromatic N) is 1. The molecule has 2 rings (SSSR count). The zero-order valence-corrected chi connectivity index (χ0v) is 17.2. The van der Waals surface area contributed by atoms with E-state index in [2.05, 4.69) is 82.2 Å². The molecule has 0 spiro atoms. The number of hydrogen-bond donors (Lipinski definition) is 0. The van der Waals surface area contributed by atoms with Crippen LogP contribution in [0.25, 0.3) is 0 Å². The van der Waals surface area contributed by atoms with E-state index in [1.165, 1.54) is 41.5 Å². The van der Waals surface area contributed by atoms with E-state index in [4.69, 9.17) is 4.74 Å². The van der Waals surface area contributed by atoms with Gasteiger partial charge in [0.2, 0.25) is 0 Å². The van der Waals surface area contributed by atoms with Gasteiger partial charge in [-0.25, -0.2) is 0 Å². The number of ether oxygens (including phenoxy) is 1. The van der Waals surface area contributed by atoms with Crippen LogP contribution in [-0.4, -0.2) is 32.1 Å². The summed E-state index contributed by atoms with van der Waals surface area (Å²) in [5.41, 5.74) is 5.46. The van der Waals surface area contributed by atoms with Crippen molar-refractivity contribution in [2.24, 2.45) is 5.92 Å². The van der Waals surface area contributed by atoms with Crippen LogP contribution in [0.4, 0.5) is 0 Å². The molecule has 0 aromatic heterocycles. The predicted octanol–water partition coefficient (Wildman–Crippen LogP) is 5.45. The summed E-state index contributed by atoms with van der Waals surface area (Å²) in [5, 5.41) is 0. The third-order valence-corrected chi connectivity index (χ3v) is 5.01. The molecule has 0 amide bonds. The Morgan fingerprint density at radius 1 is 0.885 bits per heavy atom. The van der Waals surface area contributed by atoms with Gasteiger partial charge in [0.15, 0.2) is 0 Å². The van der Waals surface area contributed by atoms with Crippen molar-refractivity contribution >= 4 is 0 Å². The van der Waals surface area contributed by atoms with E-state index in [1.54, 1.807) is 0 Å². The van der Waals surface area contributed by atoms with Gasteiger partial charge in [-0.05, 0) is 82.3 Å². The van der Waals surface area contributed by atoms with E-state index in [0.29, 0.717) is 0 Å². The SMILES string of the molecule is Cc1ccc(CCC(C)CCc2ccc(OCCN(C)C)c(C)c2)cc1. The number of hydrogen-bond acceptors (Lipinski definition) is 2. The standard InChI is InChI=1S/C24H35NO/c1-19-6-10-22(11-7-19)12-8-20(2)9-13-23-14-15-24(21(3)18-23)26-17-16-25(4)5/h6-7,10-11,14-15,18,20H,8-9,12-13,16-17H2,1-5H3. The van der Waals surface area contributed by atoms with Gasteiger partial charge in [-0.15, -0.1) is 0 Å². The fourth-order valence-electron chi connectivity index (χ4n) is 3.09. The molecule has 0 aliphatic heterocycles. The highest BCUT2D eigenvalue weighted by Crippen LogP contribution is 2.22. The minimum Gasteiger partial charge on any atom is -0.492 e. The summed E-state index contributed by atoms with van der Waals surface area (Å²) in [4.78, 5) is 2.14. The second-order valence-electron chi connectivity index (χ2n) is 7.92. The second kappa shape index (κ2) is 10.4. The molecular weight excluding hydrogens is 318 g/mol. The lowest BCUT2D eigenvalue weighted by Gasteiger charge is -2.15. The molecule has 2 aromatic carbocycles. The molecular formula is C24H35NO. The minimum absolute atomic E-state index is 0.739. The van der Waals surface area contributed by atoms with Crippen LogP contribution in [0.2, 0.25) is 0 Å². The summed E-state index contributed by atoms with van der Waals surface area (Å²) in [6, 6.07) is 15.6. The van der Waals surface area contributed by atoms with Gasteiger partial charge in [-0.2, -0.15) is 0 Å². The lowest BCUT2D eigenvalue weighted by atomic mass is 9.94.